The molecule has 2 unspecified atom stereocenters. The zero-order valence-electron chi connectivity index (χ0n) is 20.9. The van der Waals surface area contributed by atoms with E-state index in [-0.39, 0.29) is 0 Å². The molecule has 3 aliphatic rings. The molecule has 0 amide bonds. The lowest BCUT2D eigenvalue weighted by molar-refractivity contribution is 0.230. The lowest BCUT2D eigenvalue weighted by Gasteiger charge is -2.44. The number of nitrogens with zero attached hydrogens (tertiary/aromatic N) is 3. The largest absolute Gasteiger partial charge is 0.494 e. The van der Waals surface area contributed by atoms with Crippen molar-refractivity contribution in [3.05, 3.63) is 60.2 Å². The fourth-order valence-corrected chi connectivity index (χ4v) is 6.42. The molecule has 2 atom stereocenters. The molecular formula is C28H40BN5O. The Balaban J connectivity index is 0.990. The van der Waals surface area contributed by atoms with Crippen LogP contribution in [-0.2, 0) is 5.41 Å². The maximum absolute atomic E-state index is 5.99. The molecule has 1 saturated heterocycles. The molecule has 1 heterocycles. The molecule has 0 bridgehead atoms. The highest BCUT2D eigenvalue weighted by Gasteiger charge is 2.43. The van der Waals surface area contributed by atoms with Crippen LogP contribution in [0.1, 0.15) is 50.5 Å². The van der Waals surface area contributed by atoms with E-state index >= 15 is 0 Å². The first-order chi connectivity index (χ1) is 17.2. The Morgan fingerprint density at radius 1 is 1.09 bits per heavy atom. The molecule has 2 aromatic carbocycles. The zero-order valence-corrected chi connectivity index (χ0v) is 20.9. The monoisotopic (exact) mass is 473 g/mol. The van der Waals surface area contributed by atoms with Crippen molar-refractivity contribution in [2.75, 3.05) is 24.7 Å². The fraction of sp³-hybridized carbons (Fsp3) is 0.536. The SMILES string of the molecule is N/N=C\N(N)c1ccc(OCCC2CC2C2CCN(BCC3(c4ccccc4)CCC3)CC2)cc1. The van der Waals surface area contributed by atoms with Gasteiger partial charge in [0.25, 0.3) is 0 Å². The maximum atomic E-state index is 5.99. The average Bonchev–Trinajstić information content (AvgIpc) is 3.64. The van der Waals surface area contributed by atoms with Crippen molar-refractivity contribution in [3.8, 4) is 5.75 Å². The van der Waals surface area contributed by atoms with Crippen LogP contribution in [0.3, 0.4) is 0 Å². The van der Waals surface area contributed by atoms with Gasteiger partial charge < -0.3 is 15.4 Å². The summed E-state index contributed by atoms with van der Waals surface area (Å²) in [5.74, 6) is 14.6. The number of anilines is 1. The summed E-state index contributed by atoms with van der Waals surface area (Å²) in [6.07, 6.45) is 12.2. The van der Waals surface area contributed by atoms with Crippen molar-refractivity contribution >= 4 is 19.4 Å². The molecule has 0 radical (unpaired) electrons. The highest BCUT2D eigenvalue weighted by atomic mass is 16.5. The normalized spacial score (nSPS) is 24.1. The number of nitrogens with two attached hydrogens (primary N) is 2. The van der Waals surface area contributed by atoms with Crippen LogP contribution in [0.5, 0.6) is 5.75 Å². The van der Waals surface area contributed by atoms with Gasteiger partial charge in [0, 0.05) is 0 Å². The van der Waals surface area contributed by atoms with Gasteiger partial charge in [-0.15, -0.1) is 0 Å². The summed E-state index contributed by atoms with van der Waals surface area (Å²) in [5.41, 5.74) is 2.85. The van der Waals surface area contributed by atoms with E-state index in [0.29, 0.717) is 5.41 Å². The Hall–Kier alpha value is -2.51. The van der Waals surface area contributed by atoms with E-state index in [1.54, 1.807) is 5.56 Å². The summed E-state index contributed by atoms with van der Waals surface area (Å²) in [7, 11) is 1.27. The van der Waals surface area contributed by atoms with Gasteiger partial charge >= 0.3 is 0 Å². The van der Waals surface area contributed by atoms with Gasteiger partial charge in [0.2, 0.25) is 7.41 Å². The lowest BCUT2D eigenvalue weighted by atomic mass is 9.55. The third kappa shape index (κ3) is 5.84. The van der Waals surface area contributed by atoms with Gasteiger partial charge in [-0.2, -0.15) is 5.10 Å². The molecule has 6 nitrogen and oxygen atoms in total. The zero-order chi connectivity index (χ0) is 24.1. The van der Waals surface area contributed by atoms with Crippen molar-refractivity contribution in [1.82, 2.24) is 4.81 Å². The van der Waals surface area contributed by atoms with Crippen molar-refractivity contribution < 1.29 is 4.74 Å². The average molecular weight is 473 g/mol. The smallest absolute Gasteiger partial charge is 0.205 e. The minimum absolute atomic E-state index is 0.461. The van der Waals surface area contributed by atoms with Gasteiger partial charge in [-0.3, -0.25) is 5.01 Å². The lowest BCUT2D eigenvalue weighted by Crippen LogP contribution is -2.42. The second-order valence-corrected chi connectivity index (χ2v) is 10.9. The van der Waals surface area contributed by atoms with Crippen LogP contribution >= 0.6 is 0 Å². The Bertz CT molecular complexity index is 957. The van der Waals surface area contributed by atoms with Crippen LogP contribution in [-0.4, -0.2) is 38.3 Å². The quantitative estimate of drug-likeness (QED) is 0.167. The Labute approximate surface area is 210 Å². The summed E-state index contributed by atoms with van der Waals surface area (Å²) in [6.45, 7) is 3.36. The summed E-state index contributed by atoms with van der Waals surface area (Å²) >= 11 is 0. The first-order valence-electron chi connectivity index (χ1n) is 13.4. The van der Waals surface area contributed by atoms with Crippen molar-refractivity contribution in [2.45, 2.75) is 56.7 Å². The molecule has 2 aromatic rings. The number of ether oxygens (including phenoxy) is 1. The van der Waals surface area contributed by atoms with Crippen LogP contribution in [0.15, 0.2) is 59.7 Å². The Morgan fingerprint density at radius 2 is 1.83 bits per heavy atom. The number of rotatable bonds is 11. The summed E-state index contributed by atoms with van der Waals surface area (Å²) in [6, 6.07) is 19.0. The Kier molecular flexibility index (Phi) is 7.64. The molecule has 0 spiro atoms. The van der Waals surface area contributed by atoms with Crippen molar-refractivity contribution in [3.63, 3.8) is 0 Å². The standard InChI is InChI=1S/C28H40BN5O/c30-32-21-34(31)25-7-9-26(10-8-25)35-18-13-23-19-27(23)22-11-16-33(17-12-22)29-20-28(14-4-15-28)24-5-2-1-3-6-24/h1-3,5-10,21-23,27,29H,4,11-20,30-31H2/b32-21-. The molecule has 1 aliphatic heterocycles. The topological polar surface area (TPSA) is 80.1 Å². The highest BCUT2D eigenvalue weighted by molar-refractivity contribution is 6.32. The molecule has 5 rings (SSSR count). The van der Waals surface area contributed by atoms with Crippen LogP contribution in [0.25, 0.3) is 0 Å². The highest BCUT2D eigenvalue weighted by Crippen LogP contribution is 2.50. The number of hydrazine groups is 1. The summed E-state index contributed by atoms with van der Waals surface area (Å²) in [5, 5.41) is 4.83. The molecule has 186 valence electrons. The third-order valence-electron chi connectivity index (χ3n) is 8.90. The van der Waals surface area contributed by atoms with Crippen LogP contribution in [0, 0.1) is 17.8 Å². The molecule has 2 saturated carbocycles. The predicted molar refractivity (Wildman–Crippen MR) is 146 cm³/mol. The predicted octanol–water partition coefficient (Wildman–Crippen LogP) is 4.28. The van der Waals surface area contributed by atoms with E-state index in [1.165, 1.54) is 76.7 Å². The van der Waals surface area contributed by atoms with Gasteiger partial charge in [-0.25, -0.2) is 5.84 Å². The third-order valence-corrected chi connectivity index (χ3v) is 8.90. The molecule has 3 fully saturated rings. The number of hydrogen-bond acceptors (Lipinski definition) is 5. The van der Waals surface area contributed by atoms with Crippen LogP contribution in [0.2, 0.25) is 6.32 Å². The van der Waals surface area contributed by atoms with Gasteiger partial charge in [-0.05, 0) is 105 Å². The minimum Gasteiger partial charge on any atom is -0.494 e. The summed E-state index contributed by atoms with van der Waals surface area (Å²) in [4.78, 5) is 2.74. The maximum Gasteiger partial charge on any atom is 0.205 e. The molecular weight excluding hydrogens is 433 g/mol. The van der Waals surface area contributed by atoms with Gasteiger partial charge in [-0.1, -0.05) is 43.1 Å². The first kappa shape index (κ1) is 24.2. The molecule has 4 N–H and O–H groups in total. The van der Waals surface area contributed by atoms with E-state index in [0.717, 1.165) is 42.2 Å². The van der Waals surface area contributed by atoms with E-state index in [4.69, 9.17) is 16.4 Å². The van der Waals surface area contributed by atoms with Crippen LogP contribution in [0.4, 0.5) is 5.69 Å². The fourth-order valence-electron chi connectivity index (χ4n) is 6.42. The molecule has 2 aliphatic carbocycles. The summed E-state index contributed by atoms with van der Waals surface area (Å²) < 4.78 is 5.99. The second kappa shape index (κ2) is 11.0. The van der Waals surface area contributed by atoms with E-state index < -0.39 is 0 Å². The van der Waals surface area contributed by atoms with E-state index in [1.807, 2.05) is 24.3 Å². The van der Waals surface area contributed by atoms with Gasteiger partial charge in [0.1, 0.15) is 12.1 Å². The second-order valence-electron chi connectivity index (χ2n) is 10.9. The van der Waals surface area contributed by atoms with Crippen molar-refractivity contribution in [1.29, 1.82) is 0 Å². The Morgan fingerprint density at radius 3 is 2.49 bits per heavy atom. The van der Waals surface area contributed by atoms with Crippen molar-refractivity contribution in [2.24, 2.45) is 34.5 Å². The van der Waals surface area contributed by atoms with Gasteiger partial charge in [0.05, 0.1) is 12.3 Å². The number of benzene rings is 2. The first-order valence-corrected chi connectivity index (χ1v) is 13.4. The van der Waals surface area contributed by atoms with Gasteiger partial charge in [0.15, 0.2) is 0 Å². The molecule has 7 heteroatoms. The van der Waals surface area contributed by atoms with Crippen LogP contribution < -0.4 is 21.4 Å². The number of hydrazone groups is 1. The molecule has 0 aromatic heterocycles. The number of hydrogen-bond donors (Lipinski definition) is 2. The number of piperidine rings is 1. The van der Waals surface area contributed by atoms with E-state index in [9.17, 15) is 0 Å². The molecule has 35 heavy (non-hydrogen) atoms. The minimum atomic E-state index is 0.461. The van der Waals surface area contributed by atoms with E-state index in [2.05, 4.69) is 40.2 Å².